The average molecular weight is 430 g/mol. The van der Waals surface area contributed by atoms with Gasteiger partial charge < -0.3 is 10.3 Å². The maximum Gasteiger partial charge on any atom is 0.260 e. The molecule has 144 valence electrons. The molecular formula is C19H19N5OS3. The van der Waals surface area contributed by atoms with Crippen molar-refractivity contribution in [2.24, 2.45) is 0 Å². The van der Waals surface area contributed by atoms with Gasteiger partial charge in [0.1, 0.15) is 10.7 Å². The molecule has 0 aliphatic heterocycles. The van der Waals surface area contributed by atoms with Gasteiger partial charge in [0, 0.05) is 17.0 Å². The number of aromatic amines is 1. The molecule has 0 saturated heterocycles. The van der Waals surface area contributed by atoms with E-state index in [1.54, 1.807) is 11.3 Å². The Morgan fingerprint density at radius 2 is 1.93 bits per heavy atom. The molecule has 4 aromatic rings. The fraction of sp³-hybridized carbons (Fsp3) is 0.263. The number of fused-ring (bicyclic) bond motifs is 1. The van der Waals surface area contributed by atoms with E-state index in [4.69, 9.17) is 4.98 Å². The number of thiophene rings is 1. The van der Waals surface area contributed by atoms with Gasteiger partial charge in [-0.3, -0.25) is 4.79 Å². The monoisotopic (exact) mass is 429 g/mol. The topological polar surface area (TPSA) is 83.6 Å². The van der Waals surface area contributed by atoms with Crippen molar-refractivity contribution in [3.05, 3.63) is 50.9 Å². The van der Waals surface area contributed by atoms with Crippen LogP contribution in [-0.4, -0.2) is 26.7 Å². The molecule has 1 aromatic carbocycles. The van der Waals surface area contributed by atoms with E-state index in [-0.39, 0.29) is 5.56 Å². The Balaban J connectivity index is 1.63. The van der Waals surface area contributed by atoms with Gasteiger partial charge >= 0.3 is 0 Å². The zero-order chi connectivity index (χ0) is 19.7. The third kappa shape index (κ3) is 3.82. The van der Waals surface area contributed by atoms with Crippen LogP contribution < -0.4 is 10.9 Å². The summed E-state index contributed by atoms with van der Waals surface area (Å²) in [6.45, 7) is 6.93. The van der Waals surface area contributed by atoms with Gasteiger partial charge in [-0.1, -0.05) is 52.9 Å². The summed E-state index contributed by atoms with van der Waals surface area (Å²) in [7, 11) is 0. The predicted octanol–water partition coefficient (Wildman–Crippen LogP) is 4.84. The molecule has 2 N–H and O–H groups in total. The summed E-state index contributed by atoms with van der Waals surface area (Å²) in [5.74, 6) is 1.20. The number of nitrogens with zero attached hydrogens (tertiary/aromatic N) is 3. The Morgan fingerprint density at radius 3 is 2.68 bits per heavy atom. The first-order valence-corrected chi connectivity index (χ1v) is 11.5. The van der Waals surface area contributed by atoms with E-state index in [2.05, 4.69) is 51.7 Å². The van der Waals surface area contributed by atoms with Gasteiger partial charge in [0.05, 0.1) is 11.1 Å². The number of aromatic nitrogens is 4. The van der Waals surface area contributed by atoms with Crippen LogP contribution in [0.25, 0.3) is 21.3 Å². The number of hydrogen-bond donors (Lipinski definition) is 2. The molecule has 6 nitrogen and oxygen atoms in total. The summed E-state index contributed by atoms with van der Waals surface area (Å²) < 4.78 is 0.849. The molecule has 0 aliphatic rings. The van der Waals surface area contributed by atoms with E-state index in [1.807, 2.05) is 13.8 Å². The van der Waals surface area contributed by atoms with E-state index in [0.29, 0.717) is 17.0 Å². The fourth-order valence-corrected chi connectivity index (χ4v) is 5.68. The van der Waals surface area contributed by atoms with Crippen LogP contribution in [0.5, 0.6) is 0 Å². The predicted molar refractivity (Wildman–Crippen MR) is 119 cm³/mol. The Labute approximate surface area is 174 Å². The van der Waals surface area contributed by atoms with Crippen LogP contribution in [0.2, 0.25) is 0 Å². The second-order valence-electron chi connectivity index (χ2n) is 6.28. The van der Waals surface area contributed by atoms with Crippen molar-refractivity contribution < 1.29 is 0 Å². The van der Waals surface area contributed by atoms with Crippen LogP contribution in [0.1, 0.15) is 23.2 Å². The van der Waals surface area contributed by atoms with E-state index >= 15 is 0 Å². The number of aryl methyl sites for hydroxylation is 2. The van der Waals surface area contributed by atoms with E-state index < -0.39 is 0 Å². The highest BCUT2D eigenvalue weighted by Crippen LogP contribution is 2.36. The summed E-state index contributed by atoms with van der Waals surface area (Å²) >= 11 is 4.59. The van der Waals surface area contributed by atoms with Gasteiger partial charge in [-0.25, -0.2) is 4.98 Å². The number of hydrogen-bond acceptors (Lipinski definition) is 8. The summed E-state index contributed by atoms with van der Waals surface area (Å²) in [5.41, 5.74) is 3.13. The average Bonchev–Trinajstić information content (AvgIpc) is 3.25. The normalized spacial score (nSPS) is 11.2. The lowest BCUT2D eigenvalue weighted by Crippen LogP contribution is -2.10. The van der Waals surface area contributed by atoms with Crippen molar-refractivity contribution in [3.63, 3.8) is 0 Å². The molecule has 4 rings (SSSR count). The molecule has 3 aromatic heterocycles. The summed E-state index contributed by atoms with van der Waals surface area (Å²) in [6, 6.07) is 8.25. The van der Waals surface area contributed by atoms with Crippen LogP contribution in [0, 0.1) is 13.8 Å². The molecule has 9 heteroatoms. The summed E-state index contributed by atoms with van der Waals surface area (Å²) in [6.07, 6.45) is 0. The lowest BCUT2D eigenvalue weighted by Gasteiger charge is -2.03. The molecule has 28 heavy (non-hydrogen) atoms. The highest BCUT2D eigenvalue weighted by atomic mass is 32.2. The van der Waals surface area contributed by atoms with Crippen molar-refractivity contribution in [1.82, 2.24) is 20.2 Å². The zero-order valence-corrected chi connectivity index (χ0v) is 18.1. The van der Waals surface area contributed by atoms with Crippen LogP contribution in [0.15, 0.2) is 33.4 Å². The molecule has 0 aliphatic carbocycles. The number of H-pyrrole nitrogens is 1. The van der Waals surface area contributed by atoms with E-state index in [0.717, 1.165) is 36.9 Å². The minimum Gasteiger partial charge on any atom is -0.360 e. The molecule has 3 heterocycles. The van der Waals surface area contributed by atoms with Gasteiger partial charge in [-0.15, -0.1) is 21.5 Å². The van der Waals surface area contributed by atoms with E-state index in [9.17, 15) is 4.79 Å². The molecule has 0 unspecified atom stereocenters. The fourth-order valence-electron chi connectivity index (χ4n) is 2.92. The third-order valence-corrected chi connectivity index (χ3v) is 7.22. The van der Waals surface area contributed by atoms with Gasteiger partial charge in [0.2, 0.25) is 5.13 Å². The Morgan fingerprint density at radius 1 is 1.14 bits per heavy atom. The van der Waals surface area contributed by atoms with Crippen molar-refractivity contribution in [1.29, 1.82) is 0 Å². The standard InChI is InChI=1S/C19H19N5OS3/c1-4-20-18-23-24-19(28-18)26-9-13-21-16(25)15-14(11(3)27-17(15)22-13)12-7-5-10(2)6-8-12/h5-8H,4,9H2,1-3H3,(H,20,23)(H,21,22,25). The second kappa shape index (κ2) is 8.02. The van der Waals surface area contributed by atoms with Gasteiger partial charge in [0.15, 0.2) is 4.34 Å². The minimum absolute atomic E-state index is 0.0915. The number of nitrogens with one attached hydrogen (secondary N) is 2. The quantitative estimate of drug-likeness (QED) is 0.427. The smallest absolute Gasteiger partial charge is 0.260 e. The largest absolute Gasteiger partial charge is 0.360 e. The van der Waals surface area contributed by atoms with Gasteiger partial charge in [0.25, 0.3) is 5.56 Å². The number of thioether (sulfide) groups is 1. The Hall–Kier alpha value is -2.23. The number of anilines is 1. The molecular weight excluding hydrogens is 410 g/mol. The van der Waals surface area contributed by atoms with Crippen LogP contribution in [0.4, 0.5) is 5.13 Å². The number of rotatable bonds is 6. The molecule has 0 saturated carbocycles. The lowest BCUT2D eigenvalue weighted by atomic mass is 10.0. The van der Waals surface area contributed by atoms with Crippen molar-refractivity contribution >= 4 is 49.8 Å². The molecule has 0 atom stereocenters. The molecule has 0 spiro atoms. The molecule has 0 fully saturated rings. The maximum absolute atomic E-state index is 12.8. The highest BCUT2D eigenvalue weighted by molar-refractivity contribution is 8.00. The highest BCUT2D eigenvalue weighted by Gasteiger charge is 2.17. The molecule has 0 amide bonds. The second-order valence-corrected chi connectivity index (χ2v) is 9.69. The van der Waals surface area contributed by atoms with Crippen LogP contribution in [0.3, 0.4) is 0 Å². The Bertz CT molecular complexity index is 1180. The van der Waals surface area contributed by atoms with Gasteiger partial charge in [-0.2, -0.15) is 0 Å². The summed E-state index contributed by atoms with van der Waals surface area (Å²) in [5, 5.41) is 12.9. The molecule has 0 radical (unpaired) electrons. The number of benzene rings is 1. The SMILES string of the molecule is CCNc1nnc(SCc2nc3sc(C)c(-c4ccc(C)cc4)c3c(=O)[nH]2)s1. The van der Waals surface area contributed by atoms with E-state index in [1.165, 1.54) is 28.7 Å². The third-order valence-electron chi connectivity index (χ3n) is 4.19. The maximum atomic E-state index is 12.8. The summed E-state index contributed by atoms with van der Waals surface area (Å²) in [4.78, 5) is 22.4. The first-order valence-electron chi connectivity index (χ1n) is 8.84. The van der Waals surface area contributed by atoms with Crippen LogP contribution >= 0.6 is 34.4 Å². The Kier molecular flexibility index (Phi) is 5.47. The van der Waals surface area contributed by atoms with Gasteiger partial charge in [-0.05, 0) is 26.3 Å². The minimum atomic E-state index is -0.0915. The first kappa shape index (κ1) is 19.1. The van der Waals surface area contributed by atoms with Crippen molar-refractivity contribution in [2.75, 3.05) is 11.9 Å². The molecule has 0 bridgehead atoms. The van der Waals surface area contributed by atoms with Crippen molar-refractivity contribution in [3.8, 4) is 11.1 Å². The zero-order valence-electron chi connectivity index (χ0n) is 15.7. The lowest BCUT2D eigenvalue weighted by molar-refractivity contribution is 0.995. The van der Waals surface area contributed by atoms with Crippen LogP contribution in [-0.2, 0) is 5.75 Å². The first-order chi connectivity index (χ1) is 13.5. The van der Waals surface area contributed by atoms with Crippen molar-refractivity contribution in [2.45, 2.75) is 30.9 Å².